The number of anilines is 1. The van der Waals surface area contributed by atoms with Gasteiger partial charge in [-0.3, -0.25) is 9.59 Å². The Morgan fingerprint density at radius 1 is 1.11 bits per heavy atom. The summed E-state index contributed by atoms with van der Waals surface area (Å²) >= 11 is -1.46. The number of carbonyl (C=O) groups excluding carboxylic acids is 1. The number of amides is 1. The summed E-state index contributed by atoms with van der Waals surface area (Å²) < 4.78 is 34.2. The summed E-state index contributed by atoms with van der Waals surface area (Å²) in [6.07, 6.45) is 2.89. The van der Waals surface area contributed by atoms with E-state index in [1.165, 1.54) is 52.2 Å². The minimum Gasteiger partial charge on any atom is -0.610 e. The van der Waals surface area contributed by atoms with E-state index in [1.54, 1.807) is 37.4 Å². The van der Waals surface area contributed by atoms with Gasteiger partial charge in [-0.05, 0) is 48.9 Å². The second kappa shape index (κ2) is 10.1. The van der Waals surface area contributed by atoms with Gasteiger partial charge in [0, 0.05) is 42.1 Å². The number of benzene rings is 2. The van der Waals surface area contributed by atoms with Crippen molar-refractivity contribution in [2.45, 2.75) is 11.9 Å². The van der Waals surface area contributed by atoms with Gasteiger partial charge >= 0.3 is 0 Å². The van der Waals surface area contributed by atoms with Crippen LogP contribution in [0.15, 0.2) is 76.8 Å². The van der Waals surface area contributed by atoms with Crippen molar-refractivity contribution in [2.75, 3.05) is 11.6 Å². The molecule has 0 saturated carbocycles. The number of nitrogens with zero attached hydrogens (tertiary/aromatic N) is 5. The van der Waals surface area contributed by atoms with Gasteiger partial charge in [-0.2, -0.15) is 9.78 Å². The average Bonchev–Trinajstić information content (AvgIpc) is 3.35. The van der Waals surface area contributed by atoms with Gasteiger partial charge in [-0.25, -0.2) is 14.4 Å². The monoisotopic (exact) mass is 532 g/mol. The Morgan fingerprint density at radius 2 is 1.87 bits per heavy atom. The van der Waals surface area contributed by atoms with Gasteiger partial charge in [0.1, 0.15) is 17.8 Å². The highest BCUT2D eigenvalue weighted by molar-refractivity contribution is 7.90. The Balaban J connectivity index is 1.40. The molecule has 1 unspecified atom stereocenters. The average molecular weight is 533 g/mol. The molecule has 0 radical (unpaired) electrons. The molecule has 10 nitrogen and oxygen atoms in total. The third kappa shape index (κ3) is 4.99. The highest BCUT2D eigenvalue weighted by Crippen LogP contribution is 2.28. The van der Waals surface area contributed by atoms with Crippen LogP contribution >= 0.6 is 0 Å². The summed E-state index contributed by atoms with van der Waals surface area (Å²) in [5, 5.41) is 7.34. The van der Waals surface area contributed by atoms with Crippen molar-refractivity contribution in [3.8, 4) is 17.3 Å². The van der Waals surface area contributed by atoms with E-state index in [0.717, 1.165) is 5.56 Å². The van der Waals surface area contributed by atoms with Crippen LogP contribution < -0.4 is 15.6 Å². The zero-order chi connectivity index (χ0) is 27.0. The van der Waals surface area contributed by atoms with Gasteiger partial charge < -0.3 is 19.2 Å². The number of aromatic nitrogens is 5. The second-order valence-corrected chi connectivity index (χ2v) is 9.75. The van der Waals surface area contributed by atoms with Crippen molar-refractivity contribution in [2.24, 2.45) is 7.05 Å². The maximum Gasteiger partial charge on any atom is 0.279 e. The third-order valence-electron chi connectivity index (χ3n) is 5.68. The molecule has 5 rings (SSSR count). The first-order chi connectivity index (χ1) is 18.2. The molecule has 0 aliphatic heterocycles. The molecule has 38 heavy (non-hydrogen) atoms. The van der Waals surface area contributed by atoms with Crippen molar-refractivity contribution in [3.63, 3.8) is 0 Å². The van der Waals surface area contributed by atoms with Gasteiger partial charge in [0.05, 0.1) is 17.5 Å². The normalized spacial score (nSPS) is 11.9. The van der Waals surface area contributed by atoms with E-state index in [4.69, 9.17) is 4.74 Å². The van der Waals surface area contributed by atoms with Gasteiger partial charge in [-0.15, -0.1) is 0 Å². The van der Waals surface area contributed by atoms with E-state index in [1.807, 2.05) is 6.92 Å². The quantitative estimate of drug-likeness (QED) is 0.330. The van der Waals surface area contributed by atoms with Crippen molar-refractivity contribution < 1.29 is 18.5 Å². The summed E-state index contributed by atoms with van der Waals surface area (Å²) in [7, 11) is 1.59. The van der Waals surface area contributed by atoms with Crippen molar-refractivity contribution >= 4 is 33.8 Å². The van der Waals surface area contributed by atoms with Crippen LogP contribution in [-0.4, -0.2) is 41.0 Å². The number of nitrogens with one attached hydrogen (secondary N) is 1. The molecule has 0 saturated heterocycles. The minimum absolute atomic E-state index is 0.0297. The molecule has 0 bridgehead atoms. The van der Waals surface area contributed by atoms with E-state index in [-0.39, 0.29) is 27.7 Å². The summed E-state index contributed by atoms with van der Waals surface area (Å²) in [5.74, 6) is -0.343. The van der Waals surface area contributed by atoms with Crippen molar-refractivity contribution in [1.82, 2.24) is 24.3 Å². The lowest BCUT2D eigenvalue weighted by Crippen LogP contribution is -2.18. The van der Waals surface area contributed by atoms with Crippen LogP contribution in [0.4, 0.5) is 10.1 Å². The molecule has 1 N–H and O–H groups in total. The Bertz CT molecular complexity index is 1730. The topological polar surface area (TPSA) is 127 Å². The molecule has 3 aromatic heterocycles. The predicted octanol–water partition coefficient (Wildman–Crippen LogP) is 3.74. The van der Waals surface area contributed by atoms with Crippen LogP contribution in [-0.2, 0) is 18.2 Å². The first-order valence-corrected chi connectivity index (χ1v) is 12.9. The van der Waals surface area contributed by atoms with Crippen LogP contribution in [0.2, 0.25) is 0 Å². The number of hydrogen-bond acceptors (Lipinski definition) is 7. The smallest absolute Gasteiger partial charge is 0.279 e. The van der Waals surface area contributed by atoms with E-state index >= 15 is 0 Å². The molecule has 0 spiro atoms. The first-order valence-electron chi connectivity index (χ1n) is 11.3. The number of carbonyl (C=O) groups is 1. The molecule has 192 valence electrons. The van der Waals surface area contributed by atoms with Gasteiger partial charge in [0.25, 0.3) is 11.5 Å². The first kappa shape index (κ1) is 25.1. The van der Waals surface area contributed by atoms with Gasteiger partial charge in [-0.1, -0.05) is 6.07 Å². The molecule has 2 aromatic carbocycles. The molecule has 1 amide bonds. The maximum atomic E-state index is 13.4. The molecule has 0 aliphatic carbocycles. The van der Waals surface area contributed by atoms with Gasteiger partial charge in [0.2, 0.25) is 10.9 Å². The highest BCUT2D eigenvalue weighted by atomic mass is 32.2. The van der Waals surface area contributed by atoms with E-state index in [2.05, 4.69) is 20.4 Å². The van der Waals surface area contributed by atoms with E-state index in [9.17, 15) is 18.5 Å². The summed E-state index contributed by atoms with van der Waals surface area (Å²) in [5.41, 5.74) is 2.01. The minimum atomic E-state index is -1.46. The number of fused-ring (bicyclic) bond motifs is 1. The number of rotatable bonds is 6. The van der Waals surface area contributed by atoms with Crippen LogP contribution in [0.3, 0.4) is 0 Å². The summed E-state index contributed by atoms with van der Waals surface area (Å²) in [4.78, 5) is 33.9. The molecule has 0 aliphatic rings. The van der Waals surface area contributed by atoms with Gasteiger partial charge in [0.15, 0.2) is 11.2 Å². The SMILES string of the molecule is Cc1ccc(NC(=O)c2cc([S+](C)[O-])n(-c3ccc(F)cc3)n2)cc1Oc1ccc2ncn(C)c(=O)c2n1. The zero-order valence-corrected chi connectivity index (χ0v) is 21.3. The molecule has 12 heteroatoms. The van der Waals surface area contributed by atoms with E-state index in [0.29, 0.717) is 22.6 Å². The summed E-state index contributed by atoms with van der Waals surface area (Å²) in [6.45, 7) is 1.83. The van der Waals surface area contributed by atoms with Crippen molar-refractivity contribution in [1.29, 1.82) is 0 Å². The Labute approximate surface area is 218 Å². The Hall–Kier alpha value is -4.55. The third-order valence-corrected chi connectivity index (χ3v) is 6.56. The molecular weight excluding hydrogens is 511 g/mol. The second-order valence-electron chi connectivity index (χ2n) is 8.42. The number of ether oxygens (including phenoxy) is 1. The largest absolute Gasteiger partial charge is 0.610 e. The fourth-order valence-electron chi connectivity index (χ4n) is 3.66. The van der Waals surface area contributed by atoms with Crippen LogP contribution in [0.1, 0.15) is 16.1 Å². The molecule has 1 atom stereocenters. The summed E-state index contributed by atoms with van der Waals surface area (Å²) in [6, 6.07) is 15.2. The lowest BCUT2D eigenvalue weighted by Gasteiger charge is -2.11. The fourth-order valence-corrected chi connectivity index (χ4v) is 4.33. The molecule has 3 heterocycles. The van der Waals surface area contributed by atoms with Crippen LogP contribution in [0, 0.1) is 12.7 Å². The maximum absolute atomic E-state index is 13.4. The molecular formula is C26H21FN6O4S. The lowest BCUT2D eigenvalue weighted by atomic mass is 10.2. The van der Waals surface area contributed by atoms with Crippen LogP contribution in [0.25, 0.3) is 16.7 Å². The number of hydrogen-bond donors (Lipinski definition) is 1. The van der Waals surface area contributed by atoms with Crippen LogP contribution in [0.5, 0.6) is 11.6 Å². The number of halogens is 1. The van der Waals surface area contributed by atoms with E-state index < -0.39 is 22.9 Å². The van der Waals surface area contributed by atoms with Crippen molar-refractivity contribution in [3.05, 3.63) is 94.4 Å². The molecule has 0 fully saturated rings. The lowest BCUT2D eigenvalue weighted by molar-refractivity contribution is 0.102. The highest BCUT2D eigenvalue weighted by Gasteiger charge is 2.22. The molecule has 5 aromatic rings. The Kier molecular flexibility index (Phi) is 6.66. The standard InChI is InChI=1S/C26H21FN6O4S/c1-15-4-7-17(12-21(15)37-22-11-10-19-24(30-22)26(35)32(2)14-28-19)29-25(34)20-13-23(38(3)36)33(31-20)18-8-5-16(27)6-9-18/h4-14H,1-3H3,(H,29,34). The fraction of sp³-hybridized carbons (Fsp3) is 0.115. The number of aryl methyl sites for hydroxylation is 2. The Morgan fingerprint density at radius 3 is 2.61 bits per heavy atom. The predicted molar refractivity (Wildman–Crippen MR) is 140 cm³/mol. The number of pyridine rings is 1. The zero-order valence-electron chi connectivity index (χ0n) is 20.5.